The Balaban J connectivity index is 1.71. The quantitative estimate of drug-likeness (QED) is 0.409. The Hall–Kier alpha value is -3.16. The van der Waals surface area contributed by atoms with E-state index in [9.17, 15) is 30.8 Å². The first-order chi connectivity index (χ1) is 15.8. The lowest BCUT2D eigenvalue weighted by atomic mass is 10.2. The highest BCUT2D eigenvalue weighted by Gasteiger charge is 2.35. The van der Waals surface area contributed by atoms with Crippen LogP contribution < -0.4 is 15.4 Å². The molecule has 182 valence electrons. The first-order valence-corrected chi connectivity index (χ1v) is 11.8. The second-order valence-electron chi connectivity index (χ2n) is 7.12. The molecule has 3 N–H and O–H groups in total. The standard InChI is InChI=1S/C20H18ClF4N5O3S/c1-34(32,33)27-10-12-5-6-14(8-17(12)22)28-19(31)26-11-16-9-18(20(23,24)25)29-30(16)15-4-2-3-13(21)7-15/h2-9,27H,10-11H2,1H3,(H2,26,28,31). The van der Waals surface area contributed by atoms with Crippen LogP contribution in [-0.4, -0.2) is 30.5 Å². The molecule has 0 aliphatic rings. The number of carbonyl (C=O) groups excluding carboxylic acids is 1. The molecule has 2 aromatic carbocycles. The van der Waals surface area contributed by atoms with Crippen molar-refractivity contribution in [2.75, 3.05) is 11.6 Å². The second-order valence-corrected chi connectivity index (χ2v) is 9.39. The number of urea groups is 1. The van der Waals surface area contributed by atoms with Crippen LogP contribution in [0.3, 0.4) is 0 Å². The highest BCUT2D eigenvalue weighted by atomic mass is 35.5. The Morgan fingerprint density at radius 3 is 2.47 bits per heavy atom. The number of aromatic nitrogens is 2. The van der Waals surface area contributed by atoms with E-state index in [1.807, 2.05) is 0 Å². The van der Waals surface area contributed by atoms with Gasteiger partial charge in [-0.2, -0.15) is 18.3 Å². The maximum atomic E-state index is 14.2. The molecule has 1 aromatic heterocycles. The van der Waals surface area contributed by atoms with Crippen LogP contribution in [0.1, 0.15) is 17.0 Å². The Morgan fingerprint density at radius 2 is 1.85 bits per heavy atom. The van der Waals surface area contributed by atoms with Gasteiger partial charge in [-0.05, 0) is 36.4 Å². The number of nitrogens with zero attached hydrogens (tertiary/aromatic N) is 2. The third kappa shape index (κ3) is 6.92. The third-order valence-electron chi connectivity index (χ3n) is 4.39. The summed E-state index contributed by atoms with van der Waals surface area (Å²) in [5, 5.41) is 8.61. The van der Waals surface area contributed by atoms with Gasteiger partial charge in [-0.15, -0.1) is 0 Å². The van der Waals surface area contributed by atoms with Gasteiger partial charge in [0.05, 0.1) is 24.2 Å². The van der Waals surface area contributed by atoms with Crippen molar-refractivity contribution in [1.29, 1.82) is 0 Å². The number of alkyl halides is 3. The van der Waals surface area contributed by atoms with Crippen LogP contribution in [-0.2, 0) is 29.3 Å². The summed E-state index contributed by atoms with van der Waals surface area (Å²) >= 11 is 5.92. The van der Waals surface area contributed by atoms with Crippen LogP contribution in [0.15, 0.2) is 48.5 Å². The first kappa shape index (κ1) is 25.5. The van der Waals surface area contributed by atoms with Crippen molar-refractivity contribution < 1.29 is 30.8 Å². The van der Waals surface area contributed by atoms with Crippen LogP contribution in [0.25, 0.3) is 5.69 Å². The predicted octanol–water partition coefficient (Wildman–Crippen LogP) is 4.05. The molecule has 3 rings (SSSR count). The van der Waals surface area contributed by atoms with E-state index in [0.717, 1.165) is 23.1 Å². The molecule has 0 aliphatic heterocycles. The summed E-state index contributed by atoms with van der Waals surface area (Å²) in [6.07, 6.45) is -3.77. The monoisotopic (exact) mass is 519 g/mol. The van der Waals surface area contributed by atoms with Crippen molar-refractivity contribution in [2.45, 2.75) is 19.3 Å². The number of sulfonamides is 1. The van der Waals surface area contributed by atoms with Crippen molar-refractivity contribution in [3.63, 3.8) is 0 Å². The predicted molar refractivity (Wildman–Crippen MR) is 118 cm³/mol. The van der Waals surface area contributed by atoms with E-state index in [4.69, 9.17) is 11.6 Å². The molecule has 0 fully saturated rings. The van der Waals surface area contributed by atoms with E-state index in [-0.39, 0.29) is 40.7 Å². The van der Waals surface area contributed by atoms with E-state index in [1.165, 1.54) is 24.3 Å². The summed E-state index contributed by atoms with van der Waals surface area (Å²) in [7, 11) is -3.52. The number of amides is 2. The third-order valence-corrected chi connectivity index (χ3v) is 5.30. The molecule has 34 heavy (non-hydrogen) atoms. The Kier molecular flexibility index (Phi) is 7.48. The van der Waals surface area contributed by atoms with Gasteiger partial charge in [-0.3, -0.25) is 0 Å². The average molecular weight is 520 g/mol. The van der Waals surface area contributed by atoms with Crippen molar-refractivity contribution in [1.82, 2.24) is 19.8 Å². The average Bonchev–Trinajstić information content (AvgIpc) is 3.16. The zero-order valence-electron chi connectivity index (χ0n) is 17.5. The van der Waals surface area contributed by atoms with Gasteiger partial charge in [0, 0.05) is 22.8 Å². The number of rotatable bonds is 7. The topological polar surface area (TPSA) is 105 Å². The lowest BCUT2D eigenvalue weighted by Crippen LogP contribution is -2.29. The summed E-state index contributed by atoms with van der Waals surface area (Å²) in [5.74, 6) is -0.761. The number of nitrogens with one attached hydrogen (secondary N) is 3. The van der Waals surface area contributed by atoms with Gasteiger partial charge in [-0.1, -0.05) is 23.7 Å². The summed E-state index contributed by atoms with van der Waals surface area (Å²) in [6, 6.07) is 9.61. The van der Waals surface area contributed by atoms with Gasteiger partial charge in [0.25, 0.3) is 0 Å². The van der Waals surface area contributed by atoms with E-state index in [0.29, 0.717) is 0 Å². The van der Waals surface area contributed by atoms with E-state index in [1.54, 1.807) is 12.1 Å². The molecule has 0 saturated carbocycles. The Labute approximate surface area is 197 Å². The number of hydrogen-bond donors (Lipinski definition) is 3. The summed E-state index contributed by atoms with van der Waals surface area (Å²) in [5.41, 5.74) is -0.748. The zero-order chi connectivity index (χ0) is 25.1. The molecule has 0 unspecified atom stereocenters. The molecule has 0 spiro atoms. The summed E-state index contributed by atoms with van der Waals surface area (Å²) in [6.45, 7) is -0.605. The molecular formula is C20H18ClF4N5O3S. The zero-order valence-corrected chi connectivity index (χ0v) is 19.0. The van der Waals surface area contributed by atoms with Gasteiger partial charge in [0.15, 0.2) is 5.69 Å². The minimum absolute atomic E-state index is 0.0260. The number of benzene rings is 2. The minimum Gasteiger partial charge on any atom is -0.332 e. The van der Waals surface area contributed by atoms with Crippen molar-refractivity contribution in [3.05, 3.63) is 76.3 Å². The molecule has 0 aliphatic carbocycles. The fourth-order valence-corrected chi connectivity index (χ4v) is 3.44. The van der Waals surface area contributed by atoms with Gasteiger partial charge in [0.1, 0.15) is 5.82 Å². The maximum absolute atomic E-state index is 14.2. The highest BCUT2D eigenvalue weighted by molar-refractivity contribution is 7.88. The summed E-state index contributed by atoms with van der Waals surface area (Å²) in [4.78, 5) is 12.2. The van der Waals surface area contributed by atoms with Crippen molar-refractivity contribution in [2.24, 2.45) is 0 Å². The van der Waals surface area contributed by atoms with Crippen molar-refractivity contribution in [3.8, 4) is 5.69 Å². The van der Waals surface area contributed by atoms with E-state index in [2.05, 4.69) is 20.5 Å². The van der Waals surface area contributed by atoms with E-state index < -0.39 is 33.7 Å². The molecule has 8 nitrogen and oxygen atoms in total. The van der Waals surface area contributed by atoms with Crippen LogP contribution >= 0.6 is 11.6 Å². The highest BCUT2D eigenvalue weighted by Crippen LogP contribution is 2.30. The fourth-order valence-electron chi connectivity index (χ4n) is 2.84. The Bertz CT molecular complexity index is 1310. The normalized spacial score (nSPS) is 11.9. The smallest absolute Gasteiger partial charge is 0.332 e. The molecule has 0 saturated heterocycles. The molecule has 2 amide bonds. The molecular weight excluding hydrogens is 502 g/mol. The number of halogens is 5. The SMILES string of the molecule is CS(=O)(=O)NCc1ccc(NC(=O)NCc2cc(C(F)(F)F)nn2-c2cccc(Cl)c2)cc1F. The lowest BCUT2D eigenvalue weighted by molar-refractivity contribution is -0.141. The number of hydrogen-bond acceptors (Lipinski definition) is 4. The van der Waals surface area contributed by atoms with Gasteiger partial charge >= 0.3 is 12.2 Å². The second kappa shape index (κ2) is 9.99. The van der Waals surface area contributed by atoms with Crippen LogP contribution in [0.2, 0.25) is 5.02 Å². The molecule has 1 heterocycles. The van der Waals surface area contributed by atoms with E-state index >= 15 is 0 Å². The van der Waals surface area contributed by atoms with Gasteiger partial charge < -0.3 is 10.6 Å². The minimum atomic E-state index is -4.70. The molecule has 3 aromatic rings. The Morgan fingerprint density at radius 1 is 1.12 bits per heavy atom. The van der Waals surface area contributed by atoms with Crippen LogP contribution in [0, 0.1) is 5.82 Å². The van der Waals surface area contributed by atoms with Gasteiger partial charge in [-0.25, -0.2) is 27.0 Å². The lowest BCUT2D eigenvalue weighted by Gasteiger charge is -2.11. The molecule has 0 bridgehead atoms. The fraction of sp³-hybridized carbons (Fsp3) is 0.200. The molecule has 0 atom stereocenters. The van der Waals surface area contributed by atoms with Crippen molar-refractivity contribution >= 4 is 33.3 Å². The molecule has 14 heteroatoms. The van der Waals surface area contributed by atoms with Crippen LogP contribution in [0.4, 0.5) is 28.0 Å². The first-order valence-electron chi connectivity index (χ1n) is 9.52. The number of carbonyl (C=O) groups is 1. The largest absolute Gasteiger partial charge is 0.435 e. The van der Waals surface area contributed by atoms with Crippen LogP contribution in [0.5, 0.6) is 0 Å². The molecule has 0 radical (unpaired) electrons. The maximum Gasteiger partial charge on any atom is 0.435 e. The number of anilines is 1. The summed E-state index contributed by atoms with van der Waals surface area (Å²) < 4.78 is 79.1. The van der Waals surface area contributed by atoms with Gasteiger partial charge in [0.2, 0.25) is 10.0 Å².